The molecule has 31 heavy (non-hydrogen) atoms. The molecule has 0 aliphatic heterocycles. The zero-order valence-corrected chi connectivity index (χ0v) is 21.6. The fourth-order valence-electron chi connectivity index (χ4n) is 3.16. The third-order valence-electron chi connectivity index (χ3n) is 4.94. The molecule has 170 valence electrons. The lowest BCUT2D eigenvalue weighted by Gasteiger charge is -2.22. The second-order valence-electron chi connectivity index (χ2n) is 7.05. The van der Waals surface area contributed by atoms with E-state index in [0.29, 0.717) is 19.6 Å². The van der Waals surface area contributed by atoms with Crippen molar-refractivity contribution in [3.05, 3.63) is 65.2 Å². The first-order chi connectivity index (χ1) is 14.5. The second-order valence-corrected chi connectivity index (χ2v) is 7.05. The first kappa shape index (κ1) is 26.7. The van der Waals surface area contributed by atoms with Gasteiger partial charge in [-0.25, -0.2) is 4.99 Å². The zero-order chi connectivity index (χ0) is 21.9. The highest BCUT2D eigenvalue weighted by Crippen LogP contribution is 2.13. The van der Waals surface area contributed by atoms with Gasteiger partial charge in [-0.3, -0.25) is 4.79 Å². The van der Waals surface area contributed by atoms with E-state index in [1.165, 1.54) is 5.56 Å². The number of hydrogen-bond donors (Lipinski definition) is 1. The molecule has 7 heteroatoms. The monoisotopic (exact) mass is 538 g/mol. The van der Waals surface area contributed by atoms with Crippen molar-refractivity contribution in [3.63, 3.8) is 0 Å². The van der Waals surface area contributed by atoms with E-state index < -0.39 is 0 Å². The van der Waals surface area contributed by atoms with Crippen LogP contribution in [0, 0.1) is 0 Å². The molecule has 0 spiro atoms. The van der Waals surface area contributed by atoms with Gasteiger partial charge in [0, 0.05) is 38.8 Å². The average Bonchev–Trinajstić information content (AvgIpc) is 2.78. The van der Waals surface area contributed by atoms with Crippen LogP contribution in [0.2, 0.25) is 0 Å². The fraction of sp³-hybridized carbons (Fsp3) is 0.417. The van der Waals surface area contributed by atoms with Gasteiger partial charge in [0.1, 0.15) is 5.75 Å². The molecule has 0 atom stereocenters. The minimum atomic E-state index is 0. The van der Waals surface area contributed by atoms with Crippen LogP contribution in [-0.2, 0) is 13.1 Å². The Morgan fingerprint density at radius 1 is 0.968 bits per heavy atom. The van der Waals surface area contributed by atoms with Gasteiger partial charge in [-0.05, 0) is 56.2 Å². The molecule has 2 rings (SSSR count). The van der Waals surface area contributed by atoms with E-state index in [-0.39, 0.29) is 29.9 Å². The van der Waals surface area contributed by atoms with E-state index >= 15 is 0 Å². The largest absolute Gasteiger partial charge is 0.497 e. The van der Waals surface area contributed by atoms with Crippen LogP contribution < -0.4 is 10.1 Å². The van der Waals surface area contributed by atoms with Crippen LogP contribution >= 0.6 is 24.0 Å². The lowest BCUT2D eigenvalue weighted by atomic mass is 10.1. The summed E-state index contributed by atoms with van der Waals surface area (Å²) in [5.74, 6) is 1.77. The Hall–Kier alpha value is -2.29. The third-order valence-corrected chi connectivity index (χ3v) is 4.94. The van der Waals surface area contributed by atoms with Gasteiger partial charge in [0.2, 0.25) is 0 Å². The normalized spacial score (nSPS) is 10.8. The summed E-state index contributed by atoms with van der Waals surface area (Å²) in [7, 11) is 3.70. The van der Waals surface area contributed by atoms with Gasteiger partial charge in [0.05, 0.1) is 13.7 Å². The van der Waals surface area contributed by atoms with Crippen LogP contribution in [-0.4, -0.2) is 55.5 Å². The number of amides is 1. The molecule has 6 nitrogen and oxygen atoms in total. The van der Waals surface area contributed by atoms with Crippen molar-refractivity contribution >= 4 is 35.8 Å². The van der Waals surface area contributed by atoms with Crippen LogP contribution in [0.3, 0.4) is 0 Å². The van der Waals surface area contributed by atoms with Gasteiger partial charge in [-0.2, -0.15) is 0 Å². The number of methoxy groups -OCH3 is 1. The van der Waals surface area contributed by atoms with E-state index in [9.17, 15) is 4.79 Å². The highest BCUT2D eigenvalue weighted by molar-refractivity contribution is 14.0. The lowest BCUT2D eigenvalue weighted by molar-refractivity contribution is 0.0773. The molecule has 0 aromatic heterocycles. The number of rotatable bonds is 9. The summed E-state index contributed by atoms with van der Waals surface area (Å²) >= 11 is 0. The summed E-state index contributed by atoms with van der Waals surface area (Å²) in [4.78, 5) is 21.1. The number of hydrogen-bond acceptors (Lipinski definition) is 3. The quantitative estimate of drug-likeness (QED) is 0.292. The molecule has 0 saturated carbocycles. The maximum absolute atomic E-state index is 12.4. The van der Waals surface area contributed by atoms with E-state index in [1.807, 2.05) is 62.2 Å². The summed E-state index contributed by atoms with van der Waals surface area (Å²) in [6.07, 6.45) is 0. The van der Waals surface area contributed by atoms with E-state index in [1.54, 1.807) is 7.11 Å². The first-order valence-electron chi connectivity index (χ1n) is 10.5. The topological polar surface area (TPSA) is 57.2 Å². The number of nitrogens with one attached hydrogen (secondary N) is 1. The molecule has 0 saturated heterocycles. The Bertz CT molecular complexity index is 818. The Morgan fingerprint density at radius 2 is 1.55 bits per heavy atom. The Morgan fingerprint density at radius 3 is 2.06 bits per heavy atom. The standard InChI is InChI=1S/C24H34N4O2.HI/c1-6-25-24(27(4)18-20-11-15-22(30-5)16-12-20)26-17-19-9-13-21(14-10-19)23(29)28(7-2)8-3;/h9-16H,6-8,17-18H2,1-5H3,(H,25,26);1H. The number of carbonyl (C=O) groups is 1. The molecule has 0 aliphatic carbocycles. The van der Waals surface area contributed by atoms with Crippen molar-refractivity contribution in [1.82, 2.24) is 15.1 Å². The summed E-state index contributed by atoms with van der Waals surface area (Å²) in [6.45, 7) is 9.57. The predicted octanol–water partition coefficient (Wildman–Crippen LogP) is 4.39. The number of carbonyl (C=O) groups excluding carboxylic acids is 1. The van der Waals surface area contributed by atoms with Gasteiger partial charge in [0.25, 0.3) is 5.91 Å². The number of ether oxygens (including phenoxy) is 1. The van der Waals surface area contributed by atoms with Crippen LogP contribution in [0.15, 0.2) is 53.5 Å². The van der Waals surface area contributed by atoms with Crippen molar-refractivity contribution in [2.75, 3.05) is 33.8 Å². The fourth-order valence-corrected chi connectivity index (χ4v) is 3.16. The first-order valence-corrected chi connectivity index (χ1v) is 10.5. The molecule has 0 radical (unpaired) electrons. The van der Waals surface area contributed by atoms with E-state index in [4.69, 9.17) is 9.73 Å². The Kier molecular flexibility index (Phi) is 12.0. The second kappa shape index (κ2) is 13.9. The van der Waals surface area contributed by atoms with Gasteiger partial charge in [0.15, 0.2) is 5.96 Å². The van der Waals surface area contributed by atoms with Crippen molar-refractivity contribution in [3.8, 4) is 5.75 Å². The molecule has 0 heterocycles. The Balaban J connectivity index is 0.00000480. The molecule has 2 aromatic rings. The van der Waals surface area contributed by atoms with Gasteiger partial charge in [-0.15, -0.1) is 24.0 Å². The molecular formula is C24H35IN4O2. The number of nitrogens with zero attached hydrogens (tertiary/aromatic N) is 3. The summed E-state index contributed by atoms with van der Waals surface area (Å²) in [6, 6.07) is 15.8. The third kappa shape index (κ3) is 8.05. The minimum Gasteiger partial charge on any atom is -0.497 e. The highest BCUT2D eigenvalue weighted by atomic mass is 127. The number of benzene rings is 2. The predicted molar refractivity (Wildman–Crippen MR) is 138 cm³/mol. The van der Waals surface area contributed by atoms with Crippen molar-refractivity contribution in [2.24, 2.45) is 4.99 Å². The van der Waals surface area contributed by atoms with E-state index in [2.05, 4.69) is 29.3 Å². The van der Waals surface area contributed by atoms with Crippen molar-refractivity contribution in [1.29, 1.82) is 0 Å². The average molecular weight is 538 g/mol. The zero-order valence-electron chi connectivity index (χ0n) is 19.2. The number of guanidine groups is 1. The molecular weight excluding hydrogens is 503 g/mol. The summed E-state index contributed by atoms with van der Waals surface area (Å²) in [5.41, 5.74) is 2.97. The van der Waals surface area contributed by atoms with Crippen molar-refractivity contribution < 1.29 is 9.53 Å². The van der Waals surface area contributed by atoms with E-state index in [0.717, 1.165) is 35.9 Å². The molecule has 0 bridgehead atoms. The van der Waals surface area contributed by atoms with Crippen LogP contribution in [0.1, 0.15) is 42.3 Å². The molecule has 1 amide bonds. The smallest absolute Gasteiger partial charge is 0.253 e. The Labute approximate surface area is 203 Å². The van der Waals surface area contributed by atoms with Crippen LogP contribution in [0.4, 0.5) is 0 Å². The van der Waals surface area contributed by atoms with Gasteiger partial charge in [-0.1, -0.05) is 24.3 Å². The summed E-state index contributed by atoms with van der Waals surface area (Å²) in [5, 5.41) is 3.35. The minimum absolute atomic E-state index is 0. The van der Waals surface area contributed by atoms with Crippen LogP contribution in [0.5, 0.6) is 5.75 Å². The van der Waals surface area contributed by atoms with Crippen LogP contribution in [0.25, 0.3) is 0 Å². The maximum atomic E-state index is 12.4. The van der Waals surface area contributed by atoms with Gasteiger partial charge < -0.3 is 19.9 Å². The van der Waals surface area contributed by atoms with Gasteiger partial charge >= 0.3 is 0 Å². The molecule has 2 aromatic carbocycles. The molecule has 0 aliphatic rings. The van der Waals surface area contributed by atoms with Crippen molar-refractivity contribution in [2.45, 2.75) is 33.9 Å². The lowest BCUT2D eigenvalue weighted by Crippen LogP contribution is -2.38. The SMILES string of the molecule is CCNC(=NCc1ccc(C(=O)N(CC)CC)cc1)N(C)Cc1ccc(OC)cc1.I. The molecule has 0 unspecified atom stereocenters. The molecule has 0 fully saturated rings. The maximum Gasteiger partial charge on any atom is 0.253 e. The summed E-state index contributed by atoms with van der Waals surface area (Å²) < 4.78 is 5.22. The number of halogens is 1. The number of aliphatic imine (C=N–C) groups is 1. The molecule has 1 N–H and O–H groups in total. The highest BCUT2D eigenvalue weighted by Gasteiger charge is 2.12.